The predicted octanol–water partition coefficient (Wildman–Crippen LogP) is 6.73. The molecule has 1 aromatic carbocycles. The number of esters is 1. The fourth-order valence-electron chi connectivity index (χ4n) is 4.00. The van der Waals surface area contributed by atoms with Gasteiger partial charge in [-0.15, -0.1) is 0 Å². The molecule has 1 N–H and O–H groups in total. The molecular formula is C24H38O4. The molecule has 28 heavy (non-hydrogen) atoms. The quantitative estimate of drug-likeness (QED) is 0.299. The first kappa shape index (κ1) is 24.2. The number of hydrogen-bond acceptors (Lipinski definition) is 3. The molecule has 0 aliphatic heterocycles. The molecule has 1 rings (SSSR count). The summed E-state index contributed by atoms with van der Waals surface area (Å²) in [4.78, 5) is 24.6. The maximum Gasteiger partial charge on any atom is 0.339 e. The summed E-state index contributed by atoms with van der Waals surface area (Å²) in [6, 6.07) is 6.31. The molecule has 0 aliphatic carbocycles. The van der Waals surface area contributed by atoms with Crippen LogP contribution in [0.1, 0.15) is 107 Å². The molecule has 0 heterocycles. The molecule has 2 unspecified atom stereocenters. The Balaban J connectivity index is 3.16. The Bertz CT molecular complexity index is 613. The van der Waals surface area contributed by atoms with Crippen LogP contribution in [0.15, 0.2) is 24.3 Å². The van der Waals surface area contributed by atoms with Crippen LogP contribution in [0.5, 0.6) is 0 Å². The molecule has 0 radical (unpaired) electrons. The minimum Gasteiger partial charge on any atom is -0.478 e. The molecule has 0 saturated carbocycles. The van der Waals surface area contributed by atoms with Gasteiger partial charge in [0.1, 0.15) is 5.60 Å². The van der Waals surface area contributed by atoms with Gasteiger partial charge in [0.2, 0.25) is 0 Å². The van der Waals surface area contributed by atoms with E-state index in [1.54, 1.807) is 18.2 Å². The van der Waals surface area contributed by atoms with Gasteiger partial charge in [0.05, 0.1) is 11.1 Å². The van der Waals surface area contributed by atoms with Gasteiger partial charge in [-0.05, 0) is 49.7 Å². The molecule has 2 atom stereocenters. The highest BCUT2D eigenvalue weighted by Gasteiger charge is 2.43. The topological polar surface area (TPSA) is 63.6 Å². The Morgan fingerprint density at radius 1 is 0.929 bits per heavy atom. The van der Waals surface area contributed by atoms with Gasteiger partial charge in [-0.1, -0.05) is 72.4 Å². The number of hydrogen-bond donors (Lipinski definition) is 1. The lowest BCUT2D eigenvalue weighted by Gasteiger charge is -2.43. The predicted molar refractivity (Wildman–Crippen MR) is 114 cm³/mol. The van der Waals surface area contributed by atoms with Gasteiger partial charge >= 0.3 is 11.9 Å². The molecule has 0 saturated heterocycles. The van der Waals surface area contributed by atoms with Crippen LogP contribution >= 0.6 is 0 Å². The van der Waals surface area contributed by atoms with Crippen LogP contribution < -0.4 is 0 Å². The Hall–Kier alpha value is -1.84. The standard InChI is InChI=1S/C24H38O4/c1-6-9-10-11-14-17-24(18(4)7-2,19(5)8-3)28-23(27)21-16-13-12-15-20(21)22(25)26/h12-13,15-16,18-19H,6-11,14,17H2,1-5H3,(H,25,26). The van der Waals surface area contributed by atoms with Gasteiger partial charge in [-0.2, -0.15) is 0 Å². The normalized spacial score (nSPS) is 15.5. The van der Waals surface area contributed by atoms with E-state index in [9.17, 15) is 14.7 Å². The van der Waals surface area contributed by atoms with Crippen LogP contribution in [0.4, 0.5) is 0 Å². The van der Waals surface area contributed by atoms with Crippen molar-refractivity contribution in [1.82, 2.24) is 0 Å². The second-order valence-electron chi connectivity index (χ2n) is 7.98. The molecule has 1 aromatic rings. The number of carbonyl (C=O) groups excluding carboxylic acids is 1. The van der Waals surface area contributed by atoms with Gasteiger partial charge in [0.15, 0.2) is 0 Å². The van der Waals surface area contributed by atoms with Crippen LogP contribution in [0.25, 0.3) is 0 Å². The van der Waals surface area contributed by atoms with Crippen LogP contribution in [-0.4, -0.2) is 22.6 Å². The zero-order chi connectivity index (χ0) is 21.2. The number of rotatable bonds is 13. The van der Waals surface area contributed by atoms with E-state index in [0.29, 0.717) is 0 Å². The number of ether oxygens (including phenoxy) is 1. The minimum absolute atomic E-state index is 0.00218. The van der Waals surface area contributed by atoms with Gasteiger partial charge in [-0.3, -0.25) is 0 Å². The summed E-state index contributed by atoms with van der Waals surface area (Å²) in [6.45, 7) is 10.7. The Kier molecular flexibility index (Phi) is 10.3. The fraction of sp³-hybridized carbons (Fsp3) is 0.667. The first-order valence-corrected chi connectivity index (χ1v) is 10.9. The zero-order valence-corrected chi connectivity index (χ0v) is 18.3. The van der Waals surface area contributed by atoms with E-state index < -0.39 is 17.5 Å². The average Bonchev–Trinajstić information content (AvgIpc) is 2.71. The molecule has 4 nitrogen and oxygen atoms in total. The Morgan fingerprint density at radius 2 is 1.46 bits per heavy atom. The van der Waals surface area contributed by atoms with Crippen molar-refractivity contribution in [1.29, 1.82) is 0 Å². The third kappa shape index (κ3) is 6.08. The van der Waals surface area contributed by atoms with Crippen molar-refractivity contribution >= 4 is 11.9 Å². The van der Waals surface area contributed by atoms with Crippen LogP contribution in [0.3, 0.4) is 0 Å². The van der Waals surface area contributed by atoms with Crippen LogP contribution in [0, 0.1) is 11.8 Å². The third-order valence-electron chi connectivity index (χ3n) is 6.22. The highest BCUT2D eigenvalue weighted by Crippen LogP contribution is 2.40. The van der Waals surface area contributed by atoms with Crippen LogP contribution in [0.2, 0.25) is 0 Å². The largest absolute Gasteiger partial charge is 0.478 e. The second kappa shape index (κ2) is 11.9. The summed E-state index contributed by atoms with van der Waals surface area (Å²) in [5.74, 6) is -1.22. The van der Waals surface area contributed by atoms with Gasteiger partial charge in [-0.25, -0.2) is 9.59 Å². The average molecular weight is 391 g/mol. The lowest BCUT2D eigenvalue weighted by Crippen LogP contribution is -2.47. The van der Waals surface area contributed by atoms with E-state index >= 15 is 0 Å². The first-order chi connectivity index (χ1) is 13.3. The number of unbranched alkanes of at least 4 members (excludes halogenated alkanes) is 4. The van der Waals surface area contributed by atoms with Crippen LogP contribution in [-0.2, 0) is 4.74 Å². The summed E-state index contributed by atoms with van der Waals surface area (Å²) in [5, 5.41) is 9.44. The number of benzene rings is 1. The van der Waals surface area contributed by atoms with E-state index in [2.05, 4.69) is 34.6 Å². The molecule has 0 spiro atoms. The van der Waals surface area contributed by atoms with E-state index in [1.807, 2.05) is 0 Å². The highest BCUT2D eigenvalue weighted by atomic mass is 16.6. The number of aromatic carboxylic acids is 1. The van der Waals surface area contributed by atoms with Crippen molar-refractivity contribution in [3.8, 4) is 0 Å². The molecular weight excluding hydrogens is 352 g/mol. The van der Waals surface area contributed by atoms with E-state index in [0.717, 1.165) is 32.1 Å². The van der Waals surface area contributed by atoms with Crippen molar-refractivity contribution < 1.29 is 19.4 Å². The fourth-order valence-corrected chi connectivity index (χ4v) is 4.00. The summed E-state index contributed by atoms with van der Waals surface area (Å²) in [5.41, 5.74) is -0.437. The summed E-state index contributed by atoms with van der Waals surface area (Å²) >= 11 is 0. The summed E-state index contributed by atoms with van der Waals surface area (Å²) < 4.78 is 6.22. The molecule has 4 heteroatoms. The van der Waals surface area contributed by atoms with Crippen molar-refractivity contribution in [3.63, 3.8) is 0 Å². The van der Waals surface area contributed by atoms with E-state index in [4.69, 9.17) is 4.74 Å². The third-order valence-corrected chi connectivity index (χ3v) is 6.22. The summed E-state index contributed by atoms with van der Waals surface area (Å²) in [6.07, 6.45) is 8.41. The number of carboxylic acids is 1. The Labute approximate surface area is 170 Å². The smallest absolute Gasteiger partial charge is 0.339 e. The molecule has 0 fully saturated rings. The second-order valence-corrected chi connectivity index (χ2v) is 7.98. The van der Waals surface area contributed by atoms with Gasteiger partial charge < -0.3 is 9.84 Å². The molecule has 0 bridgehead atoms. The molecule has 0 amide bonds. The first-order valence-electron chi connectivity index (χ1n) is 10.9. The van der Waals surface area contributed by atoms with Crippen molar-refractivity contribution in [2.45, 2.75) is 91.6 Å². The Morgan fingerprint density at radius 3 is 1.96 bits per heavy atom. The maximum absolute atomic E-state index is 13.1. The lowest BCUT2D eigenvalue weighted by molar-refractivity contribution is -0.0887. The van der Waals surface area contributed by atoms with Crippen molar-refractivity contribution in [2.75, 3.05) is 0 Å². The SMILES string of the molecule is CCCCCCCC(OC(=O)c1ccccc1C(=O)O)(C(C)CC)C(C)CC. The van der Waals surface area contributed by atoms with Gasteiger partial charge in [0.25, 0.3) is 0 Å². The maximum atomic E-state index is 13.1. The molecule has 0 aliphatic rings. The van der Waals surface area contributed by atoms with Crippen molar-refractivity contribution in [2.24, 2.45) is 11.8 Å². The number of carboxylic acid groups (broad SMARTS) is 1. The molecule has 158 valence electrons. The number of carbonyl (C=O) groups is 2. The minimum atomic E-state index is -1.11. The van der Waals surface area contributed by atoms with E-state index in [-0.39, 0.29) is 23.0 Å². The summed E-state index contributed by atoms with van der Waals surface area (Å²) in [7, 11) is 0. The molecule has 0 aromatic heterocycles. The van der Waals surface area contributed by atoms with E-state index in [1.165, 1.54) is 25.3 Å². The lowest BCUT2D eigenvalue weighted by atomic mass is 9.72. The monoisotopic (exact) mass is 390 g/mol. The zero-order valence-electron chi connectivity index (χ0n) is 18.3. The highest BCUT2D eigenvalue weighted by molar-refractivity contribution is 6.02. The van der Waals surface area contributed by atoms with Gasteiger partial charge in [0, 0.05) is 0 Å². The van der Waals surface area contributed by atoms with Crippen molar-refractivity contribution in [3.05, 3.63) is 35.4 Å².